The highest BCUT2D eigenvalue weighted by Gasteiger charge is 2.46. The summed E-state index contributed by atoms with van der Waals surface area (Å²) in [6.07, 6.45) is 0.222. The van der Waals surface area contributed by atoms with Crippen LogP contribution in [0.4, 0.5) is 4.39 Å². The summed E-state index contributed by atoms with van der Waals surface area (Å²) >= 11 is 0. The van der Waals surface area contributed by atoms with Gasteiger partial charge in [0.1, 0.15) is 17.3 Å². The molecule has 6 nitrogen and oxygen atoms in total. The molecule has 1 aliphatic rings. The van der Waals surface area contributed by atoms with Gasteiger partial charge in [-0.3, -0.25) is 9.59 Å². The molecule has 0 aliphatic carbocycles. The van der Waals surface area contributed by atoms with Gasteiger partial charge in [0.2, 0.25) is 0 Å². The highest BCUT2D eigenvalue weighted by molar-refractivity contribution is 6.46. The minimum absolute atomic E-state index is 0.0544. The number of nitrogens with zero attached hydrogens (tertiary/aromatic N) is 1. The minimum Gasteiger partial charge on any atom is -0.507 e. The van der Waals surface area contributed by atoms with E-state index in [0.29, 0.717) is 23.8 Å². The van der Waals surface area contributed by atoms with Gasteiger partial charge >= 0.3 is 0 Å². The molecular weight excluding hydrogens is 401 g/mol. The number of benzene rings is 2. The van der Waals surface area contributed by atoms with Gasteiger partial charge in [-0.1, -0.05) is 32.0 Å². The molecule has 1 aliphatic heterocycles. The average Bonchev–Trinajstić information content (AvgIpc) is 3.01. The van der Waals surface area contributed by atoms with Crippen molar-refractivity contribution in [1.29, 1.82) is 0 Å². The molecule has 164 valence electrons. The summed E-state index contributed by atoms with van der Waals surface area (Å²) in [5.74, 6) is -1.73. The number of likely N-dealkylation sites (tertiary alicyclic amines) is 1. The third kappa shape index (κ3) is 4.77. The van der Waals surface area contributed by atoms with E-state index in [-0.39, 0.29) is 36.5 Å². The molecule has 31 heavy (non-hydrogen) atoms. The van der Waals surface area contributed by atoms with Crippen LogP contribution >= 0.6 is 0 Å². The third-order valence-electron chi connectivity index (χ3n) is 5.01. The predicted molar refractivity (Wildman–Crippen MR) is 114 cm³/mol. The van der Waals surface area contributed by atoms with Gasteiger partial charge in [0.05, 0.1) is 18.2 Å². The van der Waals surface area contributed by atoms with Gasteiger partial charge in [0.15, 0.2) is 0 Å². The monoisotopic (exact) mass is 427 g/mol. The summed E-state index contributed by atoms with van der Waals surface area (Å²) in [7, 11) is 0. The van der Waals surface area contributed by atoms with Gasteiger partial charge in [-0.15, -0.1) is 0 Å². The summed E-state index contributed by atoms with van der Waals surface area (Å²) < 4.78 is 20.2. The van der Waals surface area contributed by atoms with Crippen LogP contribution in [0, 0.1) is 11.7 Å². The first-order valence-corrected chi connectivity index (χ1v) is 10.2. The second-order valence-corrected chi connectivity index (χ2v) is 7.82. The molecule has 1 amide bonds. The topological polar surface area (TPSA) is 87.1 Å². The fourth-order valence-corrected chi connectivity index (χ4v) is 3.50. The van der Waals surface area contributed by atoms with Gasteiger partial charge in [-0.05, 0) is 42.7 Å². The molecule has 3 rings (SSSR count). The van der Waals surface area contributed by atoms with E-state index >= 15 is 0 Å². The molecule has 1 fully saturated rings. The van der Waals surface area contributed by atoms with Crippen molar-refractivity contribution in [2.75, 3.05) is 19.8 Å². The summed E-state index contributed by atoms with van der Waals surface area (Å²) in [5, 5.41) is 20.1. The SMILES string of the molecule is CC(C)COc1ccc(C(O)=C2C(=O)C(=O)N(CCCO)[C@H]2c2ccccc2F)cc1. The highest BCUT2D eigenvalue weighted by Crippen LogP contribution is 2.40. The standard InChI is InChI=1S/C24H26FNO5/c1-15(2)14-31-17-10-8-16(9-11-17)22(28)20-21(18-6-3-4-7-19(18)25)26(12-5-13-27)24(30)23(20)29/h3-4,6-11,15,21,27-28H,5,12-14H2,1-2H3/t21-/m0/s1. The Morgan fingerprint density at radius 3 is 2.42 bits per heavy atom. The first kappa shape index (κ1) is 22.5. The molecular formula is C24H26FNO5. The smallest absolute Gasteiger partial charge is 0.295 e. The lowest BCUT2D eigenvalue weighted by molar-refractivity contribution is -0.140. The lowest BCUT2D eigenvalue weighted by Crippen LogP contribution is -2.31. The number of carbonyl (C=O) groups excluding carboxylic acids is 2. The van der Waals surface area contributed by atoms with Crippen LogP contribution < -0.4 is 4.74 Å². The zero-order chi connectivity index (χ0) is 22.5. The van der Waals surface area contributed by atoms with E-state index in [1.165, 1.54) is 23.1 Å². The maximum absolute atomic E-state index is 14.6. The van der Waals surface area contributed by atoms with Crippen LogP contribution in [0.1, 0.15) is 37.4 Å². The Hall–Kier alpha value is -3.19. The van der Waals surface area contributed by atoms with Crippen molar-refractivity contribution in [2.24, 2.45) is 5.92 Å². The van der Waals surface area contributed by atoms with Crippen LogP contribution in [0.15, 0.2) is 54.1 Å². The van der Waals surface area contributed by atoms with Crippen LogP contribution in [0.25, 0.3) is 5.76 Å². The van der Waals surface area contributed by atoms with Gasteiger partial charge in [-0.2, -0.15) is 0 Å². The van der Waals surface area contributed by atoms with Crippen molar-refractivity contribution in [2.45, 2.75) is 26.3 Å². The van der Waals surface area contributed by atoms with Gasteiger partial charge in [-0.25, -0.2) is 4.39 Å². The Bertz CT molecular complexity index is 984. The van der Waals surface area contributed by atoms with E-state index in [2.05, 4.69) is 0 Å². The number of rotatable bonds is 8. The summed E-state index contributed by atoms with van der Waals surface area (Å²) in [5.41, 5.74) is 0.250. The van der Waals surface area contributed by atoms with Crippen molar-refractivity contribution >= 4 is 17.4 Å². The van der Waals surface area contributed by atoms with Crippen molar-refractivity contribution in [3.63, 3.8) is 0 Å². The van der Waals surface area contributed by atoms with E-state index < -0.39 is 23.5 Å². The maximum Gasteiger partial charge on any atom is 0.295 e. The zero-order valence-electron chi connectivity index (χ0n) is 17.5. The van der Waals surface area contributed by atoms with Crippen molar-refractivity contribution in [1.82, 2.24) is 4.90 Å². The van der Waals surface area contributed by atoms with Crippen LogP contribution in [0.5, 0.6) is 5.75 Å². The van der Waals surface area contributed by atoms with Gasteiger partial charge in [0, 0.05) is 24.3 Å². The summed E-state index contributed by atoms with van der Waals surface area (Å²) in [6, 6.07) is 11.3. The molecule has 0 aromatic heterocycles. The third-order valence-corrected chi connectivity index (χ3v) is 5.01. The van der Waals surface area contributed by atoms with Crippen molar-refractivity contribution < 1.29 is 28.9 Å². The number of aliphatic hydroxyl groups is 2. The van der Waals surface area contributed by atoms with Crippen molar-refractivity contribution in [3.05, 3.63) is 71.0 Å². The highest BCUT2D eigenvalue weighted by atomic mass is 19.1. The molecule has 7 heteroatoms. The fraction of sp³-hybridized carbons (Fsp3) is 0.333. The summed E-state index contributed by atoms with van der Waals surface area (Å²) in [6.45, 7) is 4.45. The number of aliphatic hydroxyl groups excluding tert-OH is 2. The quantitative estimate of drug-likeness (QED) is 0.381. The van der Waals surface area contributed by atoms with Crippen molar-refractivity contribution in [3.8, 4) is 5.75 Å². The Morgan fingerprint density at radius 1 is 1.13 bits per heavy atom. The number of ether oxygens (including phenoxy) is 1. The first-order valence-electron chi connectivity index (χ1n) is 10.2. The van der Waals surface area contributed by atoms with E-state index in [9.17, 15) is 24.2 Å². The van der Waals surface area contributed by atoms with Crippen LogP contribution in [0.3, 0.4) is 0 Å². The molecule has 0 unspecified atom stereocenters. The molecule has 2 aromatic rings. The lowest BCUT2D eigenvalue weighted by Gasteiger charge is -2.25. The lowest BCUT2D eigenvalue weighted by atomic mass is 9.95. The number of carbonyl (C=O) groups is 2. The zero-order valence-corrected chi connectivity index (χ0v) is 17.5. The molecule has 1 atom stereocenters. The molecule has 1 heterocycles. The molecule has 0 bridgehead atoms. The Kier molecular flexibility index (Phi) is 7.07. The van der Waals surface area contributed by atoms with E-state index in [1.54, 1.807) is 30.3 Å². The molecule has 0 radical (unpaired) electrons. The molecule has 2 N–H and O–H groups in total. The number of ketones is 1. The van der Waals surface area contributed by atoms with Gasteiger partial charge in [0.25, 0.3) is 11.7 Å². The van der Waals surface area contributed by atoms with E-state index in [1.807, 2.05) is 13.8 Å². The second kappa shape index (κ2) is 9.75. The predicted octanol–water partition coefficient (Wildman–Crippen LogP) is 3.66. The maximum atomic E-state index is 14.6. The first-order chi connectivity index (χ1) is 14.8. The van der Waals surface area contributed by atoms with Crippen LogP contribution in [-0.4, -0.2) is 46.6 Å². The fourth-order valence-electron chi connectivity index (χ4n) is 3.50. The normalized spacial score (nSPS) is 18.1. The van der Waals surface area contributed by atoms with Crippen LogP contribution in [-0.2, 0) is 9.59 Å². The molecule has 0 spiro atoms. The molecule has 0 saturated carbocycles. The minimum atomic E-state index is -1.08. The Labute approximate surface area is 180 Å². The van der Waals surface area contributed by atoms with Gasteiger partial charge < -0.3 is 19.8 Å². The Balaban J connectivity index is 2.04. The second-order valence-electron chi connectivity index (χ2n) is 7.82. The largest absolute Gasteiger partial charge is 0.507 e. The number of Topliss-reactive ketones (excluding diaryl/α,β-unsaturated/α-hetero) is 1. The number of hydrogen-bond acceptors (Lipinski definition) is 5. The molecule has 1 saturated heterocycles. The Morgan fingerprint density at radius 2 is 1.81 bits per heavy atom. The van der Waals surface area contributed by atoms with E-state index in [4.69, 9.17) is 4.74 Å². The number of hydrogen-bond donors (Lipinski definition) is 2. The number of halogens is 1. The van der Waals surface area contributed by atoms with E-state index in [0.717, 1.165) is 0 Å². The van der Waals surface area contributed by atoms with Crippen LogP contribution in [0.2, 0.25) is 0 Å². The number of amides is 1. The summed E-state index contributed by atoms with van der Waals surface area (Å²) in [4.78, 5) is 26.7. The molecule has 2 aromatic carbocycles. The average molecular weight is 427 g/mol.